The second-order valence-electron chi connectivity index (χ2n) is 7.64. The highest BCUT2D eigenvalue weighted by Crippen LogP contribution is 2.23. The predicted octanol–water partition coefficient (Wildman–Crippen LogP) is 5.69. The van der Waals surface area contributed by atoms with Gasteiger partial charge in [-0.3, -0.25) is 9.97 Å². The van der Waals surface area contributed by atoms with Gasteiger partial charge in [-0.15, -0.1) is 0 Å². The minimum atomic E-state index is -0.393. The van der Waals surface area contributed by atoms with E-state index in [1.807, 2.05) is 18.2 Å². The third kappa shape index (κ3) is 8.81. The molecule has 1 unspecified atom stereocenters. The fraction of sp³-hybridized carbons (Fsp3) is 0.652. The highest BCUT2D eigenvalue weighted by atomic mass is 16.3. The van der Waals surface area contributed by atoms with Crippen molar-refractivity contribution >= 4 is 11.0 Å². The van der Waals surface area contributed by atoms with E-state index in [0.717, 1.165) is 36.0 Å². The fourth-order valence-electron chi connectivity index (χ4n) is 3.60. The molecule has 27 heavy (non-hydrogen) atoms. The van der Waals surface area contributed by atoms with E-state index in [4.69, 9.17) is 5.73 Å². The minimum absolute atomic E-state index is 0.393. The van der Waals surface area contributed by atoms with Crippen LogP contribution in [-0.4, -0.2) is 21.6 Å². The molecule has 0 amide bonds. The lowest BCUT2D eigenvalue weighted by Crippen LogP contribution is -1.98. The normalized spacial score (nSPS) is 12.5. The Balaban J connectivity index is 1.46. The van der Waals surface area contributed by atoms with E-state index >= 15 is 0 Å². The van der Waals surface area contributed by atoms with Crippen molar-refractivity contribution in [2.45, 2.75) is 89.6 Å². The Morgan fingerprint density at radius 2 is 1.22 bits per heavy atom. The lowest BCUT2D eigenvalue weighted by atomic mass is 10.0. The maximum Gasteiger partial charge on any atom is 0.0890 e. The van der Waals surface area contributed by atoms with Gasteiger partial charge in [0.25, 0.3) is 0 Å². The predicted molar refractivity (Wildman–Crippen MR) is 114 cm³/mol. The van der Waals surface area contributed by atoms with Gasteiger partial charge in [0.15, 0.2) is 0 Å². The van der Waals surface area contributed by atoms with E-state index < -0.39 is 6.10 Å². The molecule has 0 spiro atoms. The summed E-state index contributed by atoms with van der Waals surface area (Å²) in [7, 11) is 0. The molecule has 1 heterocycles. The molecule has 0 radical (unpaired) electrons. The molecule has 2 rings (SSSR count). The van der Waals surface area contributed by atoms with Crippen LogP contribution in [0.3, 0.4) is 0 Å². The summed E-state index contributed by atoms with van der Waals surface area (Å²) in [6.07, 6.45) is 19.4. The fourth-order valence-corrected chi connectivity index (χ4v) is 3.60. The van der Waals surface area contributed by atoms with Crippen LogP contribution in [0.2, 0.25) is 0 Å². The van der Waals surface area contributed by atoms with Crippen LogP contribution in [0.4, 0.5) is 0 Å². The number of hydrogen-bond acceptors (Lipinski definition) is 4. The molecule has 4 nitrogen and oxygen atoms in total. The first-order valence-electron chi connectivity index (χ1n) is 10.9. The zero-order valence-electron chi connectivity index (χ0n) is 16.8. The van der Waals surface area contributed by atoms with Crippen LogP contribution in [0.1, 0.15) is 95.1 Å². The van der Waals surface area contributed by atoms with Crippen LogP contribution in [0.25, 0.3) is 11.0 Å². The first-order valence-corrected chi connectivity index (χ1v) is 10.9. The number of rotatable bonds is 15. The number of hydrogen-bond donors (Lipinski definition) is 2. The molecule has 0 saturated carbocycles. The minimum Gasteiger partial charge on any atom is -0.388 e. The monoisotopic (exact) mass is 371 g/mol. The summed E-state index contributed by atoms with van der Waals surface area (Å²) in [5.41, 5.74) is 8.19. The molecule has 0 bridgehead atoms. The van der Waals surface area contributed by atoms with Gasteiger partial charge in [-0.1, -0.05) is 76.7 Å². The van der Waals surface area contributed by atoms with Gasteiger partial charge in [-0.05, 0) is 37.1 Å². The molecule has 1 aromatic carbocycles. The highest BCUT2D eigenvalue weighted by Gasteiger charge is 2.08. The van der Waals surface area contributed by atoms with Gasteiger partial charge in [0.05, 0.1) is 17.1 Å². The van der Waals surface area contributed by atoms with E-state index in [2.05, 4.69) is 9.97 Å². The Hall–Kier alpha value is -1.52. The number of nitrogens with zero attached hydrogens (tertiary/aromatic N) is 2. The molecule has 3 N–H and O–H groups in total. The van der Waals surface area contributed by atoms with E-state index in [9.17, 15) is 5.11 Å². The van der Waals surface area contributed by atoms with Crippen LogP contribution >= 0.6 is 0 Å². The van der Waals surface area contributed by atoms with Gasteiger partial charge >= 0.3 is 0 Å². The van der Waals surface area contributed by atoms with E-state index in [0.29, 0.717) is 0 Å². The number of aliphatic hydroxyl groups excluding tert-OH is 1. The Bertz CT molecular complexity index is 632. The van der Waals surface area contributed by atoms with Gasteiger partial charge in [0, 0.05) is 12.4 Å². The quantitative estimate of drug-likeness (QED) is 0.394. The molecule has 0 saturated heterocycles. The molecule has 1 atom stereocenters. The summed E-state index contributed by atoms with van der Waals surface area (Å²) in [6, 6.07) is 5.87. The average molecular weight is 372 g/mol. The molecule has 0 aliphatic heterocycles. The van der Waals surface area contributed by atoms with Crippen LogP contribution in [0, 0.1) is 0 Å². The van der Waals surface area contributed by atoms with Crippen LogP contribution in [-0.2, 0) is 0 Å². The van der Waals surface area contributed by atoms with Gasteiger partial charge in [0.2, 0.25) is 0 Å². The largest absolute Gasteiger partial charge is 0.388 e. The Morgan fingerprint density at radius 3 is 1.81 bits per heavy atom. The molecule has 4 heteroatoms. The molecule has 0 fully saturated rings. The zero-order chi connectivity index (χ0) is 19.2. The first-order chi connectivity index (χ1) is 13.3. The average Bonchev–Trinajstić information content (AvgIpc) is 2.71. The summed E-state index contributed by atoms with van der Waals surface area (Å²) < 4.78 is 0. The molecular weight excluding hydrogens is 334 g/mol. The van der Waals surface area contributed by atoms with Crippen LogP contribution in [0.15, 0.2) is 30.6 Å². The Labute approximate surface area is 164 Å². The number of fused-ring (bicyclic) bond motifs is 1. The smallest absolute Gasteiger partial charge is 0.0890 e. The van der Waals surface area contributed by atoms with Crippen LogP contribution in [0.5, 0.6) is 0 Å². The molecular formula is C23H37N3O. The van der Waals surface area contributed by atoms with Crippen molar-refractivity contribution in [1.29, 1.82) is 0 Å². The lowest BCUT2D eigenvalue weighted by molar-refractivity contribution is 0.163. The molecule has 0 aliphatic rings. The number of nitrogens with two attached hydrogens (primary N) is 1. The topological polar surface area (TPSA) is 72.0 Å². The Morgan fingerprint density at radius 1 is 0.704 bits per heavy atom. The summed E-state index contributed by atoms with van der Waals surface area (Å²) in [4.78, 5) is 8.59. The lowest BCUT2D eigenvalue weighted by Gasteiger charge is -2.11. The third-order valence-electron chi connectivity index (χ3n) is 5.31. The first kappa shape index (κ1) is 21.8. The highest BCUT2D eigenvalue weighted by molar-refractivity contribution is 5.74. The van der Waals surface area contributed by atoms with Crippen LogP contribution < -0.4 is 5.73 Å². The van der Waals surface area contributed by atoms with E-state index in [1.165, 1.54) is 70.6 Å². The number of aliphatic hydroxyl groups is 1. The molecule has 0 aliphatic carbocycles. The van der Waals surface area contributed by atoms with Crippen molar-refractivity contribution < 1.29 is 5.11 Å². The van der Waals surface area contributed by atoms with E-state index in [-0.39, 0.29) is 0 Å². The summed E-state index contributed by atoms with van der Waals surface area (Å²) in [5.74, 6) is 0. The summed E-state index contributed by atoms with van der Waals surface area (Å²) in [6.45, 7) is 0.841. The summed E-state index contributed by atoms with van der Waals surface area (Å²) >= 11 is 0. The van der Waals surface area contributed by atoms with Gasteiger partial charge < -0.3 is 10.8 Å². The maximum absolute atomic E-state index is 10.4. The maximum atomic E-state index is 10.4. The molecule has 1 aromatic heterocycles. The van der Waals surface area contributed by atoms with Crippen molar-refractivity contribution in [2.24, 2.45) is 5.73 Å². The van der Waals surface area contributed by atoms with Gasteiger partial charge in [-0.25, -0.2) is 0 Å². The second-order valence-corrected chi connectivity index (χ2v) is 7.64. The van der Waals surface area contributed by atoms with Crippen molar-refractivity contribution in [3.63, 3.8) is 0 Å². The standard InChI is InChI=1S/C23H37N3O/c24-16-12-10-8-6-4-2-1-3-5-7-9-11-13-23(27)20-14-15-21-22(19-20)26-18-17-25-21/h14-15,17-19,23,27H,1-13,16,24H2. The molecule has 2 aromatic rings. The zero-order valence-corrected chi connectivity index (χ0v) is 16.8. The van der Waals surface area contributed by atoms with Crippen molar-refractivity contribution in [3.8, 4) is 0 Å². The third-order valence-corrected chi connectivity index (χ3v) is 5.31. The van der Waals surface area contributed by atoms with Gasteiger partial charge in [0.1, 0.15) is 0 Å². The van der Waals surface area contributed by atoms with Crippen molar-refractivity contribution in [3.05, 3.63) is 36.2 Å². The summed E-state index contributed by atoms with van der Waals surface area (Å²) in [5, 5.41) is 10.4. The second kappa shape index (κ2) is 13.6. The van der Waals surface area contributed by atoms with E-state index in [1.54, 1.807) is 12.4 Å². The number of aromatic nitrogens is 2. The van der Waals surface area contributed by atoms with Crippen molar-refractivity contribution in [1.82, 2.24) is 9.97 Å². The SMILES string of the molecule is NCCCCCCCCCCCCCCC(O)c1ccc2nccnc2c1. The number of unbranched alkanes of at least 4 members (excludes halogenated alkanes) is 11. The van der Waals surface area contributed by atoms with Gasteiger partial charge in [-0.2, -0.15) is 0 Å². The Kier molecular flexibility index (Phi) is 11.0. The molecule has 150 valence electrons. The number of benzene rings is 1. The van der Waals surface area contributed by atoms with Crippen molar-refractivity contribution in [2.75, 3.05) is 6.54 Å².